The zero-order chi connectivity index (χ0) is 17.8. The molecule has 2 aromatic rings. The molecule has 2 N–H and O–H groups in total. The number of rotatable bonds is 5. The van der Waals surface area contributed by atoms with Gasteiger partial charge in [0.2, 0.25) is 5.91 Å². The lowest BCUT2D eigenvalue weighted by molar-refractivity contribution is -0.127. The summed E-state index contributed by atoms with van der Waals surface area (Å²) in [5.41, 5.74) is 0.795. The molecule has 0 saturated heterocycles. The van der Waals surface area contributed by atoms with E-state index in [1.165, 1.54) is 0 Å². The molecule has 7 heteroatoms. The number of hydrogen-bond donors (Lipinski definition) is 2. The van der Waals surface area contributed by atoms with E-state index in [4.69, 9.17) is 9.15 Å². The van der Waals surface area contributed by atoms with E-state index in [-0.39, 0.29) is 24.4 Å². The van der Waals surface area contributed by atoms with Gasteiger partial charge < -0.3 is 24.7 Å². The summed E-state index contributed by atoms with van der Waals surface area (Å²) in [6.45, 7) is 2.29. The highest BCUT2D eigenvalue weighted by Gasteiger charge is 2.31. The molecule has 0 aliphatic carbocycles. The molecule has 1 aromatic carbocycles. The van der Waals surface area contributed by atoms with Crippen molar-refractivity contribution in [3.05, 3.63) is 48.4 Å². The molecule has 0 fully saturated rings. The van der Waals surface area contributed by atoms with Crippen LogP contribution < -0.4 is 20.3 Å². The van der Waals surface area contributed by atoms with Gasteiger partial charge in [0.05, 0.1) is 31.1 Å². The van der Waals surface area contributed by atoms with Gasteiger partial charge in [-0.3, -0.25) is 9.59 Å². The fraction of sp³-hybridized carbons (Fsp3) is 0.333. The SMILES string of the molecule is CNC(=O)C1CN(CC(=O)NC(C)c2ccco2)c2ccccc2O1. The monoisotopic (exact) mass is 343 g/mol. The van der Waals surface area contributed by atoms with E-state index in [0.29, 0.717) is 18.1 Å². The van der Waals surface area contributed by atoms with Crippen LogP contribution in [-0.4, -0.2) is 38.1 Å². The Balaban J connectivity index is 1.71. The highest BCUT2D eigenvalue weighted by Crippen LogP contribution is 2.32. The first-order valence-corrected chi connectivity index (χ1v) is 8.13. The fourth-order valence-electron chi connectivity index (χ4n) is 2.82. The summed E-state index contributed by atoms with van der Waals surface area (Å²) < 4.78 is 11.0. The summed E-state index contributed by atoms with van der Waals surface area (Å²) in [5, 5.41) is 5.49. The maximum Gasteiger partial charge on any atom is 0.262 e. The molecule has 2 amide bonds. The number of amides is 2. The van der Waals surface area contributed by atoms with E-state index >= 15 is 0 Å². The van der Waals surface area contributed by atoms with Gasteiger partial charge >= 0.3 is 0 Å². The number of carbonyl (C=O) groups is 2. The molecule has 3 rings (SSSR count). The van der Waals surface area contributed by atoms with Crippen molar-refractivity contribution < 1.29 is 18.7 Å². The summed E-state index contributed by atoms with van der Waals surface area (Å²) >= 11 is 0. The molecular formula is C18H21N3O4. The van der Waals surface area contributed by atoms with Gasteiger partial charge in [0.1, 0.15) is 11.5 Å². The Bertz CT molecular complexity index is 745. The van der Waals surface area contributed by atoms with Gasteiger partial charge in [-0.25, -0.2) is 0 Å². The third-order valence-electron chi connectivity index (χ3n) is 4.08. The number of para-hydroxylation sites is 2. The standard InChI is InChI=1S/C18H21N3O4/c1-12(14-8-5-9-24-14)20-17(22)11-21-10-16(18(23)19-2)25-15-7-4-3-6-13(15)21/h3-9,12,16H,10-11H2,1-2H3,(H,19,23)(H,20,22). The Hall–Kier alpha value is -2.96. The molecule has 2 atom stereocenters. The summed E-state index contributed by atoms with van der Waals surface area (Å²) in [6, 6.07) is 10.7. The van der Waals surface area contributed by atoms with Gasteiger partial charge in [-0.1, -0.05) is 12.1 Å². The number of anilines is 1. The molecule has 7 nitrogen and oxygen atoms in total. The van der Waals surface area contributed by atoms with E-state index in [1.807, 2.05) is 36.1 Å². The third kappa shape index (κ3) is 3.76. The van der Waals surface area contributed by atoms with E-state index in [2.05, 4.69) is 10.6 Å². The first-order chi connectivity index (χ1) is 12.1. The highest BCUT2D eigenvalue weighted by molar-refractivity contribution is 5.86. The van der Waals surface area contributed by atoms with Gasteiger partial charge in [0.15, 0.2) is 6.10 Å². The molecule has 0 spiro atoms. The third-order valence-corrected chi connectivity index (χ3v) is 4.08. The maximum atomic E-state index is 12.4. The predicted molar refractivity (Wildman–Crippen MR) is 92.4 cm³/mol. The molecule has 2 unspecified atom stereocenters. The number of nitrogens with zero attached hydrogens (tertiary/aromatic N) is 1. The van der Waals surface area contributed by atoms with Crippen LogP contribution in [0.25, 0.3) is 0 Å². The van der Waals surface area contributed by atoms with Crippen LogP contribution in [0.2, 0.25) is 0 Å². The van der Waals surface area contributed by atoms with E-state index in [9.17, 15) is 9.59 Å². The molecule has 132 valence electrons. The van der Waals surface area contributed by atoms with Crippen LogP contribution in [0.1, 0.15) is 18.7 Å². The second-order valence-corrected chi connectivity index (χ2v) is 5.87. The van der Waals surface area contributed by atoms with Crippen LogP contribution in [0, 0.1) is 0 Å². The van der Waals surface area contributed by atoms with Crippen LogP contribution in [0.4, 0.5) is 5.69 Å². The molecule has 0 bridgehead atoms. The fourth-order valence-corrected chi connectivity index (χ4v) is 2.82. The summed E-state index contributed by atoms with van der Waals surface area (Å²) in [5.74, 6) is 0.910. The first kappa shape index (κ1) is 16.9. The molecular weight excluding hydrogens is 322 g/mol. The quantitative estimate of drug-likeness (QED) is 0.859. The van der Waals surface area contributed by atoms with Crippen LogP contribution in [0.3, 0.4) is 0 Å². The highest BCUT2D eigenvalue weighted by atomic mass is 16.5. The maximum absolute atomic E-state index is 12.4. The van der Waals surface area contributed by atoms with Crippen molar-refractivity contribution in [1.29, 1.82) is 0 Å². The number of hydrogen-bond acceptors (Lipinski definition) is 5. The number of carbonyl (C=O) groups excluding carboxylic acids is 2. The van der Waals surface area contributed by atoms with E-state index in [1.54, 1.807) is 25.4 Å². The Labute approximate surface area is 145 Å². The van der Waals surface area contributed by atoms with Crippen molar-refractivity contribution in [2.75, 3.05) is 25.0 Å². The lowest BCUT2D eigenvalue weighted by Crippen LogP contribution is -2.50. The molecule has 25 heavy (non-hydrogen) atoms. The normalized spacial score (nSPS) is 17.2. The average molecular weight is 343 g/mol. The molecule has 1 aliphatic heterocycles. The van der Waals surface area contributed by atoms with Gasteiger partial charge in [0.25, 0.3) is 5.91 Å². The second kappa shape index (κ2) is 7.29. The second-order valence-electron chi connectivity index (χ2n) is 5.87. The number of benzene rings is 1. The van der Waals surface area contributed by atoms with Gasteiger partial charge in [-0.05, 0) is 31.2 Å². The lowest BCUT2D eigenvalue weighted by atomic mass is 10.1. The zero-order valence-electron chi connectivity index (χ0n) is 14.2. The summed E-state index contributed by atoms with van der Waals surface area (Å²) in [7, 11) is 1.56. The first-order valence-electron chi connectivity index (χ1n) is 8.13. The van der Waals surface area contributed by atoms with Crippen LogP contribution in [0.5, 0.6) is 5.75 Å². The van der Waals surface area contributed by atoms with Crippen molar-refractivity contribution in [1.82, 2.24) is 10.6 Å². The van der Waals surface area contributed by atoms with Gasteiger partial charge in [0, 0.05) is 7.05 Å². The smallest absolute Gasteiger partial charge is 0.262 e. The minimum Gasteiger partial charge on any atom is -0.477 e. The van der Waals surface area contributed by atoms with Crippen LogP contribution in [0.15, 0.2) is 47.1 Å². The van der Waals surface area contributed by atoms with Crippen molar-refractivity contribution in [2.24, 2.45) is 0 Å². The van der Waals surface area contributed by atoms with E-state index < -0.39 is 6.10 Å². The Kier molecular flexibility index (Phi) is 4.92. The largest absolute Gasteiger partial charge is 0.477 e. The molecule has 2 heterocycles. The van der Waals surface area contributed by atoms with Crippen LogP contribution >= 0.6 is 0 Å². The molecule has 0 saturated carbocycles. The van der Waals surface area contributed by atoms with Crippen molar-refractivity contribution >= 4 is 17.5 Å². The Morgan fingerprint density at radius 1 is 1.28 bits per heavy atom. The molecule has 1 aromatic heterocycles. The zero-order valence-corrected chi connectivity index (χ0v) is 14.2. The Morgan fingerprint density at radius 3 is 2.80 bits per heavy atom. The number of furan rings is 1. The molecule has 0 radical (unpaired) electrons. The molecule has 1 aliphatic rings. The van der Waals surface area contributed by atoms with Crippen LogP contribution in [-0.2, 0) is 9.59 Å². The minimum absolute atomic E-state index is 0.124. The number of likely N-dealkylation sites (N-methyl/N-ethyl adjacent to an activating group) is 1. The van der Waals surface area contributed by atoms with E-state index in [0.717, 1.165) is 5.69 Å². The average Bonchev–Trinajstić information content (AvgIpc) is 3.15. The van der Waals surface area contributed by atoms with Crippen molar-refractivity contribution in [2.45, 2.75) is 19.1 Å². The number of nitrogens with one attached hydrogen (secondary N) is 2. The van der Waals surface area contributed by atoms with Gasteiger partial charge in [-0.15, -0.1) is 0 Å². The number of fused-ring (bicyclic) bond motifs is 1. The number of ether oxygens (including phenoxy) is 1. The summed E-state index contributed by atoms with van der Waals surface area (Å²) in [6.07, 6.45) is 0.916. The van der Waals surface area contributed by atoms with Crippen molar-refractivity contribution in [3.63, 3.8) is 0 Å². The predicted octanol–water partition coefficient (Wildman–Crippen LogP) is 1.47. The summed E-state index contributed by atoms with van der Waals surface area (Å²) in [4.78, 5) is 26.3. The Morgan fingerprint density at radius 2 is 2.08 bits per heavy atom. The van der Waals surface area contributed by atoms with Crippen molar-refractivity contribution in [3.8, 4) is 5.75 Å². The minimum atomic E-state index is -0.657. The van der Waals surface area contributed by atoms with Gasteiger partial charge in [-0.2, -0.15) is 0 Å². The topological polar surface area (TPSA) is 83.8 Å². The lowest BCUT2D eigenvalue weighted by Gasteiger charge is -2.35.